The van der Waals surface area contributed by atoms with Crippen LogP contribution < -0.4 is 4.74 Å². The summed E-state index contributed by atoms with van der Waals surface area (Å²) in [7, 11) is 0. The van der Waals surface area contributed by atoms with Crippen LogP contribution in [0.3, 0.4) is 0 Å². The fourth-order valence-electron chi connectivity index (χ4n) is 2.06. The third kappa shape index (κ3) is 1.60. The number of H-pyrrole nitrogens is 1. The van der Waals surface area contributed by atoms with Gasteiger partial charge in [0.2, 0.25) is 5.88 Å². The molecule has 0 unspecified atom stereocenters. The Morgan fingerprint density at radius 1 is 1.25 bits per heavy atom. The Kier molecular flexibility index (Phi) is 2.19. The van der Waals surface area contributed by atoms with E-state index in [0.717, 1.165) is 10.9 Å². The summed E-state index contributed by atoms with van der Waals surface area (Å²) in [6.07, 6.45) is 3.14. The first-order chi connectivity index (χ1) is 9.81. The molecule has 0 aliphatic heterocycles. The van der Waals surface area contributed by atoms with E-state index in [4.69, 9.17) is 9.26 Å². The van der Waals surface area contributed by atoms with Gasteiger partial charge in [0, 0.05) is 11.5 Å². The predicted octanol–water partition coefficient (Wildman–Crippen LogP) is 2.59. The number of aryl methyl sites for hydroxylation is 1. The zero-order chi connectivity index (χ0) is 13.5. The van der Waals surface area contributed by atoms with Gasteiger partial charge in [0.05, 0.1) is 17.4 Å². The molecule has 0 saturated carbocycles. The second kappa shape index (κ2) is 4.02. The molecule has 0 aliphatic carbocycles. The molecule has 0 radical (unpaired) electrons. The van der Waals surface area contributed by atoms with Gasteiger partial charge in [-0.2, -0.15) is 10.1 Å². The van der Waals surface area contributed by atoms with Crippen LogP contribution in [0.1, 0.15) is 5.69 Å². The number of nitrogens with one attached hydrogen (secondary N) is 1. The average Bonchev–Trinajstić information content (AvgIpc) is 3.06. The van der Waals surface area contributed by atoms with E-state index >= 15 is 0 Å². The van der Waals surface area contributed by atoms with Crippen molar-refractivity contribution in [1.29, 1.82) is 0 Å². The molecule has 0 saturated heterocycles. The molecule has 98 valence electrons. The van der Waals surface area contributed by atoms with Crippen molar-refractivity contribution in [1.82, 2.24) is 25.3 Å². The molecule has 0 bridgehead atoms. The third-order valence-electron chi connectivity index (χ3n) is 3.04. The number of hydrogen-bond donors (Lipinski definition) is 1. The maximum absolute atomic E-state index is 5.81. The van der Waals surface area contributed by atoms with Crippen LogP contribution in [-0.2, 0) is 0 Å². The van der Waals surface area contributed by atoms with Crippen molar-refractivity contribution < 1.29 is 9.26 Å². The molecular formula is C13H9N5O2. The average molecular weight is 267 g/mol. The van der Waals surface area contributed by atoms with Gasteiger partial charge in [-0.25, -0.2) is 4.98 Å². The summed E-state index contributed by atoms with van der Waals surface area (Å²) in [5.74, 6) is 1.08. The highest BCUT2D eigenvalue weighted by atomic mass is 16.5. The maximum Gasteiger partial charge on any atom is 0.264 e. The number of aromatic amines is 1. The molecule has 0 fully saturated rings. The van der Waals surface area contributed by atoms with Crippen LogP contribution in [0.15, 0.2) is 35.2 Å². The summed E-state index contributed by atoms with van der Waals surface area (Å²) in [6.45, 7) is 1.82. The number of ether oxygens (including phenoxy) is 1. The highest BCUT2D eigenvalue weighted by molar-refractivity contribution is 5.82. The second-order valence-electron chi connectivity index (χ2n) is 4.35. The number of fused-ring (bicyclic) bond motifs is 2. The van der Waals surface area contributed by atoms with Crippen LogP contribution in [0, 0.1) is 6.92 Å². The van der Waals surface area contributed by atoms with Crippen molar-refractivity contribution in [3.05, 3.63) is 36.4 Å². The summed E-state index contributed by atoms with van der Waals surface area (Å²) >= 11 is 0. The van der Waals surface area contributed by atoms with Crippen molar-refractivity contribution >= 4 is 22.0 Å². The number of nitrogens with zero attached hydrogens (tertiary/aromatic N) is 4. The molecule has 20 heavy (non-hydrogen) atoms. The minimum absolute atomic E-state index is 0.412. The number of benzene rings is 1. The van der Waals surface area contributed by atoms with Gasteiger partial charge in [-0.3, -0.25) is 5.10 Å². The lowest BCUT2D eigenvalue weighted by atomic mass is 10.2. The Labute approximate surface area is 112 Å². The van der Waals surface area contributed by atoms with E-state index in [2.05, 4.69) is 25.3 Å². The van der Waals surface area contributed by atoms with E-state index in [9.17, 15) is 0 Å². The number of aromatic nitrogens is 5. The van der Waals surface area contributed by atoms with Gasteiger partial charge in [0.25, 0.3) is 5.71 Å². The minimum atomic E-state index is 0.412. The van der Waals surface area contributed by atoms with Crippen molar-refractivity contribution in [3.63, 3.8) is 0 Å². The molecule has 0 atom stereocenters. The van der Waals surface area contributed by atoms with Gasteiger partial charge < -0.3 is 9.26 Å². The van der Waals surface area contributed by atoms with Gasteiger partial charge in [-0.15, -0.1) is 0 Å². The molecule has 7 heteroatoms. The molecule has 4 rings (SSSR count). The van der Waals surface area contributed by atoms with Crippen LogP contribution in [0.5, 0.6) is 11.6 Å². The smallest absolute Gasteiger partial charge is 0.264 e. The highest BCUT2D eigenvalue weighted by Crippen LogP contribution is 2.29. The Morgan fingerprint density at radius 2 is 2.20 bits per heavy atom. The van der Waals surface area contributed by atoms with Gasteiger partial charge in [-0.1, -0.05) is 5.16 Å². The molecule has 1 aromatic carbocycles. The van der Waals surface area contributed by atoms with Gasteiger partial charge in [0.1, 0.15) is 17.5 Å². The lowest BCUT2D eigenvalue weighted by molar-refractivity contribution is 0.441. The third-order valence-corrected chi connectivity index (χ3v) is 3.04. The van der Waals surface area contributed by atoms with Gasteiger partial charge in [-0.05, 0) is 19.1 Å². The maximum atomic E-state index is 5.81. The molecular weight excluding hydrogens is 258 g/mol. The summed E-state index contributed by atoms with van der Waals surface area (Å²) in [6, 6.07) is 5.64. The predicted molar refractivity (Wildman–Crippen MR) is 70.5 cm³/mol. The van der Waals surface area contributed by atoms with Crippen molar-refractivity contribution in [2.45, 2.75) is 6.92 Å². The molecule has 4 aromatic rings. The number of hydrogen-bond acceptors (Lipinski definition) is 6. The minimum Gasteiger partial charge on any atom is -0.438 e. The van der Waals surface area contributed by atoms with Crippen LogP contribution in [0.2, 0.25) is 0 Å². The molecule has 7 nitrogen and oxygen atoms in total. The summed E-state index contributed by atoms with van der Waals surface area (Å²) < 4.78 is 10.9. The lowest BCUT2D eigenvalue weighted by Crippen LogP contribution is -1.90. The Morgan fingerprint density at radius 3 is 3.15 bits per heavy atom. The highest BCUT2D eigenvalue weighted by Gasteiger charge is 2.14. The standard InChI is InChI=1S/C13H9N5O2/c1-7-11-12(14-6-15-13(11)20-18-7)19-9-3-2-8-5-16-17-10(8)4-9/h2-6H,1H3,(H,16,17). The first-order valence-corrected chi connectivity index (χ1v) is 5.99. The van der Waals surface area contributed by atoms with E-state index in [0.29, 0.717) is 28.4 Å². The topological polar surface area (TPSA) is 89.7 Å². The monoisotopic (exact) mass is 267 g/mol. The van der Waals surface area contributed by atoms with E-state index in [-0.39, 0.29) is 0 Å². The molecule has 0 aliphatic rings. The molecule has 0 spiro atoms. The Hall–Kier alpha value is -2.96. The van der Waals surface area contributed by atoms with Crippen LogP contribution >= 0.6 is 0 Å². The van der Waals surface area contributed by atoms with E-state index in [1.54, 1.807) is 6.20 Å². The normalized spacial score (nSPS) is 11.2. The van der Waals surface area contributed by atoms with Crippen molar-refractivity contribution in [2.75, 3.05) is 0 Å². The molecule has 1 N–H and O–H groups in total. The SMILES string of the molecule is Cc1noc2ncnc(Oc3ccc4cn[nH]c4c3)c12. The summed E-state index contributed by atoms with van der Waals surface area (Å²) in [5.41, 5.74) is 2.00. The van der Waals surface area contributed by atoms with E-state index in [1.807, 2.05) is 25.1 Å². The first-order valence-electron chi connectivity index (χ1n) is 5.99. The van der Waals surface area contributed by atoms with Crippen LogP contribution in [-0.4, -0.2) is 25.3 Å². The largest absolute Gasteiger partial charge is 0.438 e. The Bertz CT molecular complexity index is 911. The first kappa shape index (κ1) is 10.9. The van der Waals surface area contributed by atoms with Crippen LogP contribution in [0.25, 0.3) is 22.0 Å². The van der Waals surface area contributed by atoms with E-state index < -0.39 is 0 Å². The van der Waals surface area contributed by atoms with Gasteiger partial charge in [0.15, 0.2) is 0 Å². The molecule has 3 heterocycles. The lowest BCUT2D eigenvalue weighted by Gasteiger charge is -2.04. The van der Waals surface area contributed by atoms with Gasteiger partial charge >= 0.3 is 0 Å². The second-order valence-corrected chi connectivity index (χ2v) is 4.35. The van der Waals surface area contributed by atoms with Crippen molar-refractivity contribution in [2.24, 2.45) is 0 Å². The van der Waals surface area contributed by atoms with Crippen LogP contribution in [0.4, 0.5) is 0 Å². The fourth-order valence-corrected chi connectivity index (χ4v) is 2.06. The fraction of sp³-hybridized carbons (Fsp3) is 0.0769. The van der Waals surface area contributed by atoms with Crippen molar-refractivity contribution in [3.8, 4) is 11.6 Å². The molecule has 3 aromatic heterocycles. The van der Waals surface area contributed by atoms with E-state index in [1.165, 1.54) is 6.33 Å². The number of rotatable bonds is 2. The molecule has 0 amide bonds. The quantitative estimate of drug-likeness (QED) is 0.600. The zero-order valence-electron chi connectivity index (χ0n) is 10.5. The summed E-state index contributed by atoms with van der Waals surface area (Å²) in [5, 5.41) is 12.4. The Balaban J connectivity index is 1.81. The zero-order valence-corrected chi connectivity index (χ0v) is 10.5. The summed E-state index contributed by atoms with van der Waals surface area (Å²) in [4.78, 5) is 8.15.